The Kier molecular flexibility index (Phi) is 4.81. The summed E-state index contributed by atoms with van der Waals surface area (Å²) in [5.41, 5.74) is -0.526. The van der Waals surface area contributed by atoms with Gasteiger partial charge in [0.25, 0.3) is 0 Å². The van der Waals surface area contributed by atoms with Crippen LogP contribution in [0.2, 0.25) is 0 Å². The zero-order valence-corrected chi connectivity index (χ0v) is 12.7. The molecule has 1 aliphatic rings. The van der Waals surface area contributed by atoms with Gasteiger partial charge in [-0.05, 0) is 32.2 Å². The fourth-order valence-corrected chi connectivity index (χ4v) is 3.30. The first-order chi connectivity index (χ1) is 9.66. The molecule has 0 radical (unpaired) electrons. The lowest BCUT2D eigenvalue weighted by molar-refractivity contribution is -0.148. The molecular weight excluding hydrogens is 254 g/mol. The van der Waals surface area contributed by atoms with Crippen LogP contribution in [-0.2, 0) is 16.0 Å². The molecule has 0 saturated heterocycles. The van der Waals surface area contributed by atoms with E-state index in [2.05, 4.69) is 21.8 Å². The minimum Gasteiger partial charge on any atom is -0.468 e. The van der Waals surface area contributed by atoms with Crippen LogP contribution in [0.15, 0.2) is 12.4 Å². The molecule has 1 aromatic heterocycles. The number of carbonyl (C=O) groups excluding carboxylic acids is 1. The number of aromatic nitrogens is 2. The molecule has 0 amide bonds. The number of likely N-dealkylation sites (N-methyl/N-ethyl adjacent to an activating group) is 1. The largest absolute Gasteiger partial charge is 0.468 e. The predicted octanol–water partition coefficient (Wildman–Crippen LogP) is 2.08. The van der Waals surface area contributed by atoms with Gasteiger partial charge < -0.3 is 14.6 Å². The van der Waals surface area contributed by atoms with E-state index in [9.17, 15) is 4.79 Å². The van der Waals surface area contributed by atoms with E-state index in [1.54, 1.807) is 0 Å². The lowest BCUT2D eigenvalue weighted by atomic mass is 9.97. The maximum absolute atomic E-state index is 12.1. The second-order valence-electron chi connectivity index (χ2n) is 5.50. The summed E-state index contributed by atoms with van der Waals surface area (Å²) in [6.07, 6.45) is 8.54. The lowest BCUT2D eigenvalue weighted by Crippen LogP contribution is -2.50. The number of nitrogens with one attached hydrogen (secondary N) is 1. The molecule has 1 aliphatic carbocycles. The van der Waals surface area contributed by atoms with E-state index in [-0.39, 0.29) is 5.97 Å². The summed E-state index contributed by atoms with van der Waals surface area (Å²) in [7, 11) is 1.47. The van der Waals surface area contributed by atoms with Gasteiger partial charge in [0.1, 0.15) is 11.4 Å². The predicted molar refractivity (Wildman–Crippen MR) is 77.5 cm³/mol. The standard InChI is InChI=1S/C15H25N3O2/c1-4-6-13-16-9-10-18(13)12-7-8-15(11-12,17-5-2)14(19)20-3/h9-10,12,17H,4-8,11H2,1-3H3. The van der Waals surface area contributed by atoms with Gasteiger partial charge in [-0.3, -0.25) is 4.79 Å². The maximum Gasteiger partial charge on any atom is 0.326 e. The number of hydrogen-bond donors (Lipinski definition) is 1. The zero-order chi connectivity index (χ0) is 14.6. The van der Waals surface area contributed by atoms with Crippen molar-refractivity contribution in [2.24, 2.45) is 0 Å². The van der Waals surface area contributed by atoms with Crippen molar-refractivity contribution < 1.29 is 9.53 Å². The lowest BCUT2D eigenvalue weighted by Gasteiger charge is -2.27. The quantitative estimate of drug-likeness (QED) is 0.810. The fraction of sp³-hybridized carbons (Fsp3) is 0.733. The van der Waals surface area contributed by atoms with Crippen LogP contribution in [-0.4, -0.2) is 34.7 Å². The summed E-state index contributed by atoms with van der Waals surface area (Å²) in [6.45, 7) is 4.95. The summed E-state index contributed by atoms with van der Waals surface area (Å²) in [6, 6.07) is 0.331. The number of ether oxygens (including phenoxy) is 1. The van der Waals surface area contributed by atoms with E-state index in [0.717, 1.165) is 44.5 Å². The SMILES string of the molecule is CCCc1nccn1C1CCC(NCC)(C(=O)OC)C1. The van der Waals surface area contributed by atoms with Gasteiger partial charge in [0.05, 0.1) is 7.11 Å². The van der Waals surface area contributed by atoms with Crippen molar-refractivity contribution in [3.63, 3.8) is 0 Å². The molecule has 2 atom stereocenters. The minimum absolute atomic E-state index is 0.140. The second kappa shape index (κ2) is 6.39. The van der Waals surface area contributed by atoms with Gasteiger partial charge >= 0.3 is 5.97 Å². The van der Waals surface area contributed by atoms with Gasteiger partial charge in [0.15, 0.2) is 0 Å². The smallest absolute Gasteiger partial charge is 0.326 e. The molecule has 1 N–H and O–H groups in total. The number of aryl methyl sites for hydroxylation is 1. The average molecular weight is 279 g/mol. The molecule has 5 heteroatoms. The summed E-state index contributed by atoms with van der Waals surface area (Å²) < 4.78 is 7.25. The molecule has 0 aliphatic heterocycles. The van der Waals surface area contributed by atoms with Crippen molar-refractivity contribution >= 4 is 5.97 Å². The number of hydrogen-bond acceptors (Lipinski definition) is 4. The van der Waals surface area contributed by atoms with Crippen LogP contribution in [0.3, 0.4) is 0 Å². The van der Waals surface area contributed by atoms with E-state index in [1.165, 1.54) is 7.11 Å². The van der Waals surface area contributed by atoms with E-state index in [0.29, 0.717) is 6.04 Å². The highest BCUT2D eigenvalue weighted by atomic mass is 16.5. The number of esters is 1. The summed E-state index contributed by atoms with van der Waals surface area (Å²) in [5.74, 6) is 0.980. The molecule has 0 spiro atoms. The molecule has 0 aromatic carbocycles. The number of carbonyl (C=O) groups is 1. The number of methoxy groups -OCH3 is 1. The Morgan fingerprint density at radius 2 is 2.40 bits per heavy atom. The Morgan fingerprint density at radius 1 is 1.60 bits per heavy atom. The number of rotatable bonds is 6. The van der Waals surface area contributed by atoms with Gasteiger partial charge in [0.2, 0.25) is 0 Å². The Balaban J connectivity index is 2.17. The fourth-order valence-electron chi connectivity index (χ4n) is 3.30. The van der Waals surface area contributed by atoms with Crippen molar-refractivity contribution in [2.45, 2.75) is 57.5 Å². The van der Waals surface area contributed by atoms with Crippen molar-refractivity contribution in [1.29, 1.82) is 0 Å². The number of nitrogens with zero attached hydrogens (tertiary/aromatic N) is 2. The van der Waals surface area contributed by atoms with Crippen LogP contribution in [0, 0.1) is 0 Å². The van der Waals surface area contributed by atoms with Crippen molar-refractivity contribution in [3.8, 4) is 0 Å². The van der Waals surface area contributed by atoms with Crippen LogP contribution >= 0.6 is 0 Å². The van der Waals surface area contributed by atoms with Crippen molar-refractivity contribution in [2.75, 3.05) is 13.7 Å². The topological polar surface area (TPSA) is 56.2 Å². The third-order valence-electron chi connectivity index (χ3n) is 4.20. The molecule has 5 nitrogen and oxygen atoms in total. The van der Waals surface area contributed by atoms with Crippen LogP contribution in [0.4, 0.5) is 0 Å². The molecule has 1 saturated carbocycles. The summed E-state index contributed by atoms with van der Waals surface area (Å²) in [4.78, 5) is 16.6. The molecule has 0 bridgehead atoms. The van der Waals surface area contributed by atoms with E-state index < -0.39 is 5.54 Å². The van der Waals surface area contributed by atoms with Gasteiger partial charge in [0, 0.05) is 24.9 Å². The molecule has 2 rings (SSSR count). The van der Waals surface area contributed by atoms with E-state index in [1.807, 2.05) is 19.3 Å². The summed E-state index contributed by atoms with van der Waals surface area (Å²) >= 11 is 0. The van der Waals surface area contributed by atoms with E-state index in [4.69, 9.17) is 4.74 Å². The molecular formula is C15H25N3O2. The van der Waals surface area contributed by atoms with Gasteiger partial charge in [-0.15, -0.1) is 0 Å². The highest BCUT2D eigenvalue weighted by molar-refractivity contribution is 5.81. The normalized spacial score (nSPS) is 25.9. The zero-order valence-electron chi connectivity index (χ0n) is 12.7. The van der Waals surface area contributed by atoms with Crippen LogP contribution in [0.25, 0.3) is 0 Å². The molecule has 20 heavy (non-hydrogen) atoms. The van der Waals surface area contributed by atoms with Crippen molar-refractivity contribution in [1.82, 2.24) is 14.9 Å². The third kappa shape index (κ3) is 2.73. The average Bonchev–Trinajstić information content (AvgIpc) is 3.06. The van der Waals surface area contributed by atoms with Crippen LogP contribution in [0.1, 0.15) is 51.4 Å². The van der Waals surface area contributed by atoms with Gasteiger partial charge in [-0.1, -0.05) is 13.8 Å². The first-order valence-corrected chi connectivity index (χ1v) is 7.52. The molecule has 1 aromatic rings. The Hall–Kier alpha value is -1.36. The van der Waals surface area contributed by atoms with E-state index >= 15 is 0 Å². The van der Waals surface area contributed by atoms with Gasteiger partial charge in [-0.25, -0.2) is 4.98 Å². The maximum atomic E-state index is 12.1. The minimum atomic E-state index is -0.526. The molecule has 2 unspecified atom stereocenters. The van der Waals surface area contributed by atoms with Crippen molar-refractivity contribution in [3.05, 3.63) is 18.2 Å². The Bertz CT molecular complexity index is 458. The highest BCUT2D eigenvalue weighted by Crippen LogP contribution is 2.39. The Morgan fingerprint density at radius 3 is 3.05 bits per heavy atom. The number of imidazole rings is 1. The molecule has 1 heterocycles. The van der Waals surface area contributed by atoms with Crippen LogP contribution < -0.4 is 5.32 Å². The second-order valence-corrected chi connectivity index (χ2v) is 5.50. The van der Waals surface area contributed by atoms with Gasteiger partial charge in [-0.2, -0.15) is 0 Å². The molecule has 1 fully saturated rings. The first-order valence-electron chi connectivity index (χ1n) is 7.52. The molecule has 112 valence electrons. The monoisotopic (exact) mass is 279 g/mol. The summed E-state index contributed by atoms with van der Waals surface area (Å²) in [5, 5.41) is 3.34. The third-order valence-corrected chi connectivity index (χ3v) is 4.20. The van der Waals surface area contributed by atoms with Crippen LogP contribution in [0.5, 0.6) is 0 Å². The Labute approximate surface area is 120 Å². The highest BCUT2D eigenvalue weighted by Gasteiger charge is 2.46. The first kappa shape index (κ1) is 15.0.